The summed E-state index contributed by atoms with van der Waals surface area (Å²) in [6, 6.07) is 16.3. The first-order valence-corrected chi connectivity index (χ1v) is 7.62. The zero-order chi connectivity index (χ0) is 16.1. The number of rotatable bonds is 5. The van der Waals surface area contributed by atoms with Crippen LogP contribution < -0.4 is 10.6 Å². The summed E-state index contributed by atoms with van der Waals surface area (Å²) in [5.41, 5.74) is 4.42. The summed E-state index contributed by atoms with van der Waals surface area (Å²) in [6.07, 6.45) is 2.63. The maximum absolute atomic E-state index is 4.43. The molecule has 0 aliphatic heterocycles. The van der Waals surface area contributed by atoms with E-state index < -0.39 is 0 Å². The highest BCUT2D eigenvalue weighted by molar-refractivity contribution is 5.58. The summed E-state index contributed by atoms with van der Waals surface area (Å²) in [6.45, 7) is 4.19. The predicted molar refractivity (Wildman–Crippen MR) is 93.4 cm³/mol. The van der Waals surface area contributed by atoms with Gasteiger partial charge in [0.05, 0.1) is 6.20 Å². The number of anilines is 4. The zero-order valence-electron chi connectivity index (χ0n) is 13.2. The van der Waals surface area contributed by atoms with Crippen molar-refractivity contribution in [1.82, 2.24) is 15.2 Å². The Morgan fingerprint density at radius 1 is 0.870 bits per heavy atom. The number of hydrogen-bond donors (Lipinski definition) is 2. The first-order chi connectivity index (χ1) is 11.2. The van der Waals surface area contributed by atoms with Gasteiger partial charge in [0.2, 0.25) is 5.95 Å². The van der Waals surface area contributed by atoms with Gasteiger partial charge in [-0.1, -0.05) is 36.8 Å². The van der Waals surface area contributed by atoms with Crippen LogP contribution in [0.25, 0.3) is 0 Å². The molecule has 0 saturated carbocycles. The van der Waals surface area contributed by atoms with Gasteiger partial charge in [-0.3, -0.25) is 0 Å². The Morgan fingerprint density at radius 3 is 2.22 bits per heavy atom. The van der Waals surface area contributed by atoms with Gasteiger partial charge in [0.15, 0.2) is 5.82 Å². The van der Waals surface area contributed by atoms with Gasteiger partial charge in [0.1, 0.15) is 0 Å². The molecule has 23 heavy (non-hydrogen) atoms. The molecule has 0 aliphatic rings. The molecule has 1 aromatic heterocycles. The molecule has 1 heterocycles. The second-order valence-electron chi connectivity index (χ2n) is 5.33. The number of aryl methyl sites for hydroxylation is 2. The molecule has 3 rings (SSSR count). The highest BCUT2D eigenvalue weighted by Crippen LogP contribution is 2.17. The maximum Gasteiger partial charge on any atom is 0.249 e. The smallest absolute Gasteiger partial charge is 0.249 e. The fourth-order valence-electron chi connectivity index (χ4n) is 2.15. The molecule has 0 unspecified atom stereocenters. The third kappa shape index (κ3) is 4.03. The quantitative estimate of drug-likeness (QED) is 0.738. The highest BCUT2D eigenvalue weighted by Gasteiger charge is 2.02. The molecular weight excluding hydrogens is 286 g/mol. The van der Waals surface area contributed by atoms with E-state index in [0.29, 0.717) is 11.8 Å². The van der Waals surface area contributed by atoms with Gasteiger partial charge in [-0.05, 0) is 43.2 Å². The Labute approximate surface area is 135 Å². The maximum atomic E-state index is 4.43. The Balaban J connectivity index is 1.72. The monoisotopic (exact) mass is 305 g/mol. The lowest BCUT2D eigenvalue weighted by molar-refractivity contribution is 0.982. The van der Waals surface area contributed by atoms with Crippen LogP contribution in [0.1, 0.15) is 18.1 Å². The van der Waals surface area contributed by atoms with Crippen molar-refractivity contribution in [1.29, 1.82) is 0 Å². The first-order valence-electron chi connectivity index (χ1n) is 7.62. The van der Waals surface area contributed by atoms with Crippen molar-refractivity contribution in [3.63, 3.8) is 0 Å². The van der Waals surface area contributed by atoms with E-state index in [0.717, 1.165) is 17.8 Å². The van der Waals surface area contributed by atoms with E-state index in [1.807, 2.05) is 36.4 Å². The standard InChI is InChI=1S/C18H19N5/c1-3-14-6-10-15(11-7-14)20-17-12-19-23-18(22-17)21-16-8-4-13(2)5-9-16/h4-12H,3H2,1-2H3,(H2,20,21,22,23). The van der Waals surface area contributed by atoms with E-state index in [-0.39, 0.29) is 0 Å². The van der Waals surface area contributed by atoms with Crippen molar-refractivity contribution >= 4 is 23.1 Å². The minimum Gasteiger partial charge on any atom is -0.339 e. The average molecular weight is 305 g/mol. The third-order valence-corrected chi connectivity index (χ3v) is 3.50. The SMILES string of the molecule is CCc1ccc(Nc2cnnc(Nc3ccc(C)cc3)n2)cc1. The predicted octanol–water partition coefficient (Wildman–Crippen LogP) is 4.23. The van der Waals surface area contributed by atoms with E-state index in [1.165, 1.54) is 11.1 Å². The molecule has 5 nitrogen and oxygen atoms in total. The largest absolute Gasteiger partial charge is 0.339 e. The fourth-order valence-corrected chi connectivity index (χ4v) is 2.15. The van der Waals surface area contributed by atoms with Crippen molar-refractivity contribution in [2.24, 2.45) is 0 Å². The highest BCUT2D eigenvalue weighted by atomic mass is 15.3. The van der Waals surface area contributed by atoms with E-state index in [4.69, 9.17) is 0 Å². The van der Waals surface area contributed by atoms with E-state index >= 15 is 0 Å². The molecule has 0 bridgehead atoms. The number of aromatic nitrogens is 3. The lowest BCUT2D eigenvalue weighted by Crippen LogP contribution is -2.02. The number of nitrogens with zero attached hydrogens (tertiary/aromatic N) is 3. The Hall–Kier alpha value is -2.95. The van der Waals surface area contributed by atoms with Crippen LogP contribution in [-0.2, 0) is 6.42 Å². The molecule has 0 atom stereocenters. The number of nitrogens with one attached hydrogen (secondary N) is 2. The van der Waals surface area contributed by atoms with Crippen LogP contribution >= 0.6 is 0 Å². The van der Waals surface area contributed by atoms with E-state index in [9.17, 15) is 0 Å². The van der Waals surface area contributed by atoms with Crippen LogP contribution in [0.3, 0.4) is 0 Å². The number of benzene rings is 2. The van der Waals surface area contributed by atoms with Gasteiger partial charge in [-0.25, -0.2) is 0 Å². The average Bonchev–Trinajstić information content (AvgIpc) is 2.58. The van der Waals surface area contributed by atoms with Gasteiger partial charge in [0.25, 0.3) is 0 Å². The summed E-state index contributed by atoms with van der Waals surface area (Å²) in [5, 5.41) is 14.4. The molecular formula is C18H19N5. The topological polar surface area (TPSA) is 62.7 Å². The summed E-state index contributed by atoms with van der Waals surface area (Å²) >= 11 is 0. The van der Waals surface area contributed by atoms with Gasteiger partial charge < -0.3 is 10.6 Å². The summed E-state index contributed by atoms with van der Waals surface area (Å²) < 4.78 is 0. The molecule has 0 aliphatic carbocycles. The van der Waals surface area contributed by atoms with Gasteiger partial charge in [-0.2, -0.15) is 10.1 Å². The molecule has 2 aromatic carbocycles. The third-order valence-electron chi connectivity index (χ3n) is 3.50. The van der Waals surface area contributed by atoms with Crippen molar-refractivity contribution in [3.05, 3.63) is 65.9 Å². The molecule has 5 heteroatoms. The summed E-state index contributed by atoms with van der Waals surface area (Å²) in [7, 11) is 0. The van der Waals surface area contributed by atoms with Gasteiger partial charge in [0, 0.05) is 11.4 Å². The van der Waals surface area contributed by atoms with Gasteiger partial charge >= 0.3 is 0 Å². The van der Waals surface area contributed by atoms with Crippen LogP contribution in [-0.4, -0.2) is 15.2 Å². The summed E-state index contributed by atoms with van der Waals surface area (Å²) in [5.74, 6) is 1.11. The molecule has 0 radical (unpaired) electrons. The molecule has 2 N–H and O–H groups in total. The fraction of sp³-hybridized carbons (Fsp3) is 0.167. The summed E-state index contributed by atoms with van der Waals surface area (Å²) in [4.78, 5) is 4.43. The Morgan fingerprint density at radius 2 is 1.52 bits per heavy atom. The van der Waals surface area contributed by atoms with E-state index in [2.05, 4.69) is 51.8 Å². The molecule has 0 saturated heterocycles. The van der Waals surface area contributed by atoms with Crippen molar-refractivity contribution in [2.45, 2.75) is 20.3 Å². The normalized spacial score (nSPS) is 10.3. The Kier molecular flexibility index (Phi) is 4.47. The second kappa shape index (κ2) is 6.87. The zero-order valence-corrected chi connectivity index (χ0v) is 13.2. The van der Waals surface area contributed by atoms with Crippen LogP contribution in [0, 0.1) is 6.92 Å². The second-order valence-corrected chi connectivity index (χ2v) is 5.33. The lowest BCUT2D eigenvalue weighted by atomic mass is 10.1. The van der Waals surface area contributed by atoms with Crippen LogP contribution in [0.5, 0.6) is 0 Å². The molecule has 0 amide bonds. The molecule has 0 spiro atoms. The van der Waals surface area contributed by atoms with Crippen LogP contribution in [0.4, 0.5) is 23.1 Å². The van der Waals surface area contributed by atoms with Crippen molar-refractivity contribution in [3.8, 4) is 0 Å². The number of hydrogen-bond acceptors (Lipinski definition) is 5. The molecule has 0 fully saturated rings. The van der Waals surface area contributed by atoms with Crippen LogP contribution in [0.2, 0.25) is 0 Å². The van der Waals surface area contributed by atoms with E-state index in [1.54, 1.807) is 6.20 Å². The van der Waals surface area contributed by atoms with Crippen LogP contribution in [0.15, 0.2) is 54.7 Å². The van der Waals surface area contributed by atoms with Gasteiger partial charge in [-0.15, -0.1) is 5.10 Å². The lowest BCUT2D eigenvalue weighted by Gasteiger charge is -2.08. The van der Waals surface area contributed by atoms with Crippen molar-refractivity contribution in [2.75, 3.05) is 10.6 Å². The first kappa shape index (κ1) is 15.0. The Bertz CT molecular complexity index is 766. The molecule has 116 valence electrons. The van der Waals surface area contributed by atoms with Crippen molar-refractivity contribution < 1.29 is 0 Å². The molecule has 3 aromatic rings. The minimum absolute atomic E-state index is 0.462. The minimum atomic E-state index is 0.462.